The Balaban J connectivity index is 0.00000288. The molecule has 2 fully saturated rings. The third kappa shape index (κ3) is 8.34. The van der Waals surface area contributed by atoms with Crippen molar-refractivity contribution in [1.82, 2.24) is 15.1 Å². The number of nitrogens with one attached hydrogen (secondary N) is 1. The highest BCUT2D eigenvalue weighted by Crippen LogP contribution is 2.13. The third-order valence-corrected chi connectivity index (χ3v) is 5.01. The zero-order valence-electron chi connectivity index (χ0n) is 15.6. The Morgan fingerprint density at radius 1 is 1.21 bits per heavy atom. The van der Waals surface area contributed by atoms with E-state index in [-0.39, 0.29) is 24.0 Å². The van der Waals surface area contributed by atoms with Crippen LogP contribution in [0.25, 0.3) is 0 Å². The van der Waals surface area contributed by atoms with Crippen LogP contribution in [0.4, 0.5) is 0 Å². The van der Waals surface area contributed by atoms with E-state index >= 15 is 0 Å². The third-order valence-electron chi connectivity index (χ3n) is 5.01. The Bertz CT molecular complexity index is 342. The maximum absolute atomic E-state index is 5.46. The lowest BCUT2D eigenvalue weighted by molar-refractivity contribution is 0.181. The molecule has 0 aliphatic carbocycles. The van der Waals surface area contributed by atoms with Crippen molar-refractivity contribution in [1.29, 1.82) is 0 Å². The van der Waals surface area contributed by atoms with Gasteiger partial charge in [0.05, 0.1) is 6.61 Å². The molecule has 142 valence electrons. The van der Waals surface area contributed by atoms with E-state index in [0.717, 1.165) is 32.3 Å². The molecule has 0 bridgehead atoms. The lowest BCUT2D eigenvalue weighted by Crippen LogP contribution is -2.41. The van der Waals surface area contributed by atoms with Crippen molar-refractivity contribution in [3.8, 4) is 0 Å². The quantitative estimate of drug-likeness (QED) is 0.266. The first-order chi connectivity index (χ1) is 11.3. The summed E-state index contributed by atoms with van der Waals surface area (Å²) in [6, 6.07) is 0. The molecular weight excluding hydrogens is 415 g/mol. The van der Waals surface area contributed by atoms with Gasteiger partial charge in [0.15, 0.2) is 5.96 Å². The van der Waals surface area contributed by atoms with Crippen molar-refractivity contribution in [3.63, 3.8) is 0 Å². The molecule has 0 saturated carbocycles. The Hall–Kier alpha value is -0.0800. The summed E-state index contributed by atoms with van der Waals surface area (Å²) >= 11 is 0. The normalized spacial score (nSPS) is 22.2. The second-order valence-electron chi connectivity index (χ2n) is 7.05. The number of piperidine rings is 1. The molecule has 24 heavy (non-hydrogen) atoms. The summed E-state index contributed by atoms with van der Waals surface area (Å²) in [5.74, 6) is 1.68. The number of unbranched alkanes of at least 4 members (excludes halogenated alkanes) is 2. The molecule has 2 saturated heterocycles. The van der Waals surface area contributed by atoms with Gasteiger partial charge in [-0.1, -0.05) is 12.8 Å². The number of aliphatic imine (C=N–C) groups is 1. The first-order valence-electron chi connectivity index (χ1n) is 9.51. The van der Waals surface area contributed by atoms with E-state index in [4.69, 9.17) is 4.74 Å². The van der Waals surface area contributed by atoms with Gasteiger partial charge in [0.2, 0.25) is 0 Å². The van der Waals surface area contributed by atoms with Crippen LogP contribution in [-0.4, -0.2) is 75.8 Å². The number of nitrogens with zero attached hydrogens (tertiary/aromatic N) is 3. The maximum atomic E-state index is 5.46. The fraction of sp³-hybridized carbons (Fsp3) is 0.944. The highest BCUT2D eigenvalue weighted by molar-refractivity contribution is 14.0. The Morgan fingerprint density at radius 3 is 2.67 bits per heavy atom. The Labute approximate surface area is 165 Å². The zero-order valence-corrected chi connectivity index (χ0v) is 18.0. The lowest BCUT2D eigenvalue weighted by Gasteiger charge is -2.26. The number of guanidine groups is 1. The molecular formula is C18H37IN4O. The van der Waals surface area contributed by atoms with Gasteiger partial charge in [-0.2, -0.15) is 0 Å². The predicted molar refractivity (Wildman–Crippen MR) is 112 cm³/mol. The van der Waals surface area contributed by atoms with Gasteiger partial charge in [-0.15, -0.1) is 24.0 Å². The van der Waals surface area contributed by atoms with E-state index in [2.05, 4.69) is 27.2 Å². The summed E-state index contributed by atoms with van der Waals surface area (Å²) in [5.41, 5.74) is 0. The SMILES string of the molecule is CN=C(NCCCCCN1CCCCC1)N(C)CC1CCOC1.I. The Kier molecular flexibility index (Phi) is 12.0. The molecule has 0 aromatic heterocycles. The topological polar surface area (TPSA) is 40.1 Å². The van der Waals surface area contributed by atoms with E-state index in [1.807, 2.05) is 7.05 Å². The molecule has 2 aliphatic rings. The average Bonchev–Trinajstić information content (AvgIpc) is 3.08. The number of ether oxygens (including phenoxy) is 1. The molecule has 1 atom stereocenters. The van der Waals surface area contributed by atoms with Crippen LogP contribution in [0.2, 0.25) is 0 Å². The van der Waals surface area contributed by atoms with Gasteiger partial charge in [0, 0.05) is 39.7 Å². The number of hydrogen-bond acceptors (Lipinski definition) is 3. The minimum atomic E-state index is 0. The van der Waals surface area contributed by atoms with Crippen molar-refractivity contribution in [2.75, 3.05) is 60.0 Å². The van der Waals surface area contributed by atoms with Gasteiger partial charge >= 0.3 is 0 Å². The summed E-state index contributed by atoms with van der Waals surface area (Å²) < 4.78 is 5.46. The Morgan fingerprint density at radius 2 is 2.00 bits per heavy atom. The minimum Gasteiger partial charge on any atom is -0.381 e. The van der Waals surface area contributed by atoms with Gasteiger partial charge < -0.3 is 19.9 Å². The standard InChI is InChI=1S/C18H36N4O.HI/c1-19-18(21(2)15-17-9-14-23-16-17)20-10-5-3-6-11-22-12-7-4-8-13-22;/h17H,3-16H2,1-2H3,(H,19,20);1H. The van der Waals surface area contributed by atoms with E-state index in [9.17, 15) is 0 Å². The van der Waals surface area contributed by atoms with Crippen molar-refractivity contribution >= 4 is 29.9 Å². The average molecular weight is 452 g/mol. The van der Waals surface area contributed by atoms with Crippen LogP contribution >= 0.6 is 24.0 Å². The summed E-state index contributed by atoms with van der Waals surface area (Å²) in [7, 11) is 4.00. The largest absolute Gasteiger partial charge is 0.381 e. The first kappa shape index (κ1) is 22.0. The molecule has 1 unspecified atom stereocenters. The minimum absolute atomic E-state index is 0. The van der Waals surface area contributed by atoms with Crippen LogP contribution in [0.15, 0.2) is 4.99 Å². The number of halogens is 1. The van der Waals surface area contributed by atoms with Crippen molar-refractivity contribution in [2.24, 2.45) is 10.9 Å². The summed E-state index contributed by atoms with van der Waals surface area (Å²) in [6.45, 7) is 7.81. The maximum Gasteiger partial charge on any atom is 0.193 e. The molecule has 2 aliphatic heterocycles. The van der Waals surface area contributed by atoms with Crippen LogP contribution in [-0.2, 0) is 4.74 Å². The fourth-order valence-electron chi connectivity index (χ4n) is 3.61. The summed E-state index contributed by atoms with van der Waals surface area (Å²) in [5, 5.41) is 3.50. The monoisotopic (exact) mass is 452 g/mol. The summed E-state index contributed by atoms with van der Waals surface area (Å²) in [6.07, 6.45) is 9.27. The molecule has 0 amide bonds. The molecule has 0 aromatic carbocycles. The lowest BCUT2D eigenvalue weighted by atomic mass is 10.1. The second-order valence-corrected chi connectivity index (χ2v) is 7.05. The van der Waals surface area contributed by atoms with E-state index in [1.54, 1.807) is 0 Å². The van der Waals surface area contributed by atoms with Gasteiger partial charge in [-0.25, -0.2) is 0 Å². The second kappa shape index (κ2) is 13.2. The van der Waals surface area contributed by atoms with Crippen molar-refractivity contribution in [3.05, 3.63) is 0 Å². The van der Waals surface area contributed by atoms with Crippen LogP contribution in [0.3, 0.4) is 0 Å². The molecule has 0 radical (unpaired) electrons. The summed E-state index contributed by atoms with van der Waals surface area (Å²) in [4.78, 5) is 9.28. The van der Waals surface area contributed by atoms with Gasteiger partial charge in [-0.3, -0.25) is 4.99 Å². The molecule has 1 N–H and O–H groups in total. The van der Waals surface area contributed by atoms with Crippen molar-refractivity contribution in [2.45, 2.75) is 44.9 Å². The number of likely N-dealkylation sites (tertiary alicyclic amines) is 1. The molecule has 5 nitrogen and oxygen atoms in total. The van der Waals surface area contributed by atoms with Gasteiger partial charge in [-0.05, 0) is 51.7 Å². The molecule has 0 aromatic rings. The van der Waals surface area contributed by atoms with E-state index < -0.39 is 0 Å². The van der Waals surface area contributed by atoms with Crippen LogP contribution < -0.4 is 5.32 Å². The smallest absolute Gasteiger partial charge is 0.193 e. The van der Waals surface area contributed by atoms with Crippen molar-refractivity contribution < 1.29 is 4.74 Å². The van der Waals surface area contributed by atoms with E-state index in [0.29, 0.717) is 5.92 Å². The predicted octanol–water partition coefficient (Wildman–Crippen LogP) is 2.80. The number of rotatable bonds is 8. The molecule has 0 spiro atoms. The van der Waals surface area contributed by atoms with Crippen LogP contribution in [0.1, 0.15) is 44.9 Å². The molecule has 6 heteroatoms. The van der Waals surface area contributed by atoms with E-state index in [1.165, 1.54) is 64.6 Å². The fourth-order valence-corrected chi connectivity index (χ4v) is 3.61. The highest BCUT2D eigenvalue weighted by atomic mass is 127. The molecule has 2 heterocycles. The number of hydrogen-bond donors (Lipinski definition) is 1. The van der Waals surface area contributed by atoms with Gasteiger partial charge in [0.25, 0.3) is 0 Å². The molecule has 2 rings (SSSR count). The highest BCUT2D eigenvalue weighted by Gasteiger charge is 2.18. The first-order valence-corrected chi connectivity index (χ1v) is 9.51. The van der Waals surface area contributed by atoms with Crippen LogP contribution in [0.5, 0.6) is 0 Å². The van der Waals surface area contributed by atoms with Crippen LogP contribution in [0, 0.1) is 5.92 Å². The van der Waals surface area contributed by atoms with Gasteiger partial charge in [0.1, 0.15) is 0 Å². The zero-order chi connectivity index (χ0) is 16.3.